The Kier molecular flexibility index (Phi) is 7.66. The average molecular weight is 433 g/mol. The second kappa shape index (κ2) is 10.8. The van der Waals surface area contributed by atoms with E-state index in [1.807, 2.05) is 30.3 Å². The van der Waals surface area contributed by atoms with E-state index in [4.69, 9.17) is 9.47 Å². The molecule has 3 heteroatoms. The van der Waals surface area contributed by atoms with E-state index in [2.05, 4.69) is 31.4 Å². The summed E-state index contributed by atoms with van der Waals surface area (Å²) in [5.74, 6) is 8.59. The lowest BCUT2D eigenvalue weighted by atomic mass is 9.65. The van der Waals surface area contributed by atoms with Crippen molar-refractivity contribution in [3.05, 3.63) is 77.6 Å². The summed E-state index contributed by atoms with van der Waals surface area (Å²) in [6.45, 7) is 7.01. The van der Waals surface area contributed by atoms with Crippen molar-refractivity contribution < 1.29 is 13.9 Å². The summed E-state index contributed by atoms with van der Waals surface area (Å²) in [5.41, 5.74) is 2.41. The Labute approximate surface area is 191 Å². The van der Waals surface area contributed by atoms with Gasteiger partial charge in [-0.05, 0) is 105 Å². The molecule has 0 radical (unpaired) electrons. The first-order valence-corrected chi connectivity index (χ1v) is 11.9. The van der Waals surface area contributed by atoms with Gasteiger partial charge in [0.1, 0.15) is 18.2 Å². The van der Waals surface area contributed by atoms with Crippen molar-refractivity contribution in [1.29, 1.82) is 0 Å². The standard InChI is InChI=1S/C29H33FO2/c1-3-17-32-27-14-6-21(7-15-27)5-8-22-9-10-26(20-29(22)30)23-11-12-25-19-28(31-4-2)16-13-24(25)18-23/h3,6-7,9-10,14-15,20,23-25,28H,1,4,11-13,16-19H2,2H3. The van der Waals surface area contributed by atoms with E-state index in [0.717, 1.165) is 41.7 Å². The van der Waals surface area contributed by atoms with Crippen LogP contribution in [0.5, 0.6) is 5.75 Å². The molecular formula is C29H33FO2. The number of hydrogen-bond acceptors (Lipinski definition) is 2. The largest absolute Gasteiger partial charge is 0.490 e. The van der Waals surface area contributed by atoms with Gasteiger partial charge in [-0.25, -0.2) is 4.39 Å². The van der Waals surface area contributed by atoms with Crippen molar-refractivity contribution in [2.24, 2.45) is 11.8 Å². The lowest BCUT2D eigenvalue weighted by Crippen LogP contribution is -2.33. The molecule has 2 aliphatic rings. The zero-order valence-electron chi connectivity index (χ0n) is 19.0. The first kappa shape index (κ1) is 22.6. The number of rotatable bonds is 6. The summed E-state index contributed by atoms with van der Waals surface area (Å²) >= 11 is 0. The minimum atomic E-state index is -0.219. The molecule has 2 fully saturated rings. The molecule has 0 bridgehead atoms. The summed E-state index contributed by atoms with van der Waals surface area (Å²) in [5, 5.41) is 0. The fourth-order valence-corrected chi connectivity index (χ4v) is 5.35. The van der Waals surface area contributed by atoms with Crippen LogP contribution in [0.3, 0.4) is 0 Å². The molecule has 4 atom stereocenters. The Morgan fingerprint density at radius 2 is 1.78 bits per heavy atom. The molecule has 4 rings (SSSR count). The minimum Gasteiger partial charge on any atom is -0.490 e. The molecule has 168 valence electrons. The second-order valence-electron chi connectivity index (χ2n) is 9.03. The highest BCUT2D eigenvalue weighted by Crippen LogP contribution is 2.46. The Bertz CT molecular complexity index is 969. The summed E-state index contributed by atoms with van der Waals surface area (Å²) < 4.78 is 26.2. The first-order chi connectivity index (χ1) is 15.7. The molecule has 2 aromatic rings. The quantitative estimate of drug-likeness (QED) is 0.366. The molecule has 0 heterocycles. The van der Waals surface area contributed by atoms with Crippen LogP contribution in [-0.2, 0) is 4.74 Å². The van der Waals surface area contributed by atoms with Crippen molar-refractivity contribution in [1.82, 2.24) is 0 Å². The van der Waals surface area contributed by atoms with Crippen molar-refractivity contribution >= 4 is 0 Å². The Hall–Kier alpha value is -2.57. The third kappa shape index (κ3) is 5.61. The number of halogens is 1. The van der Waals surface area contributed by atoms with Gasteiger partial charge in [0.05, 0.1) is 11.7 Å². The van der Waals surface area contributed by atoms with Crippen molar-refractivity contribution in [3.8, 4) is 17.6 Å². The molecule has 2 nitrogen and oxygen atoms in total. The first-order valence-electron chi connectivity index (χ1n) is 11.9. The third-order valence-electron chi connectivity index (χ3n) is 7.00. The monoisotopic (exact) mass is 432 g/mol. The highest BCUT2D eigenvalue weighted by Gasteiger charge is 2.36. The molecule has 4 unspecified atom stereocenters. The van der Waals surface area contributed by atoms with Gasteiger partial charge in [0, 0.05) is 12.2 Å². The molecule has 32 heavy (non-hydrogen) atoms. The van der Waals surface area contributed by atoms with Gasteiger partial charge in [-0.2, -0.15) is 0 Å². The Balaban J connectivity index is 1.38. The predicted octanol–water partition coefficient (Wildman–Crippen LogP) is 6.88. The molecule has 2 aromatic carbocycles. The van der Waals surface area contributed by atoms with Gasteiger partial charge in [0.2, 0.25) is 0 Å². The Morgan fingerprint density at radius 1 is 1.00 bits per heavy atom. The van der Waals surface area contributed by atoms with Gasteiger partial charge in [-0.1, -0.05) is 30.6 Å². The summed E-state index contributed by atoms with van der Waals surface area (Å²) in [4.78, 5) is 0. The zero-order valence-corrected chi connectivity index (χ0v) is 19.0. The fourth-order valence-electron chi connectivity index (χ4n) is 5.35. The van der Waals surface area contributed by atoms with Crippen LogP contribution in [0.15, 0.2) is 55.1 Å². The van der Waals surface area contributed by atoms with Gasteiger partial charge in [-0.3, -0.25) is 0 Å². The molecule has 0 spiro atoms. The van der Waals surface area contributed by atoms with Crippen molar-refractivity contribution in [2.45, 2.75) is 57.5 Å². The van der Waals surface area contributed by atoms with Crippen LogP contribution in [-0.4, -0.2) is 19.3 Å². The summed E-state index contributed by atoms with van der Waals surface area (Å²) in [6.07, 6.45) is 9.33. The van der Waals surface area contributed by atoms with Crippen LogP contribution in [0.1, 0.15) is 68.1 Å². The van der Waals surface area contributed by atoms with Gasteiger partial charge in [-0.15, -0.1) is 0 Å². The van der Waals surface area contributed by atoms with E-state index in [1.165, 1.54) is 32.1 Å². The number of benzene rings is 2. The Morgan fingerprint density at radius 3 is 2.53 bits per heavy atom. The average Bonchev–Trinajstić information content (AvgIpc) is 2.82. The van der Waals surface area contributed by atoms with Crippen LogP contribution in [0.2, 0.25) is 0 Å². The van der Waals surface area contributed by atoms with Crippen LogP contribution < -0.4 is 4.74 Å². The molecule has 0 saturated heterocycles. The SMILES string of the molecule is C=CCOc1ccc(C#Cc2ccc(C3CCC4CC(OCC)CCC4C3)cc2F)cc1. The number of ether oxygens (including phenoxy) is 2. The summed E-state index contributed by atoms with van der Waals surface area (Å²) in [6, 6.07) is 13.1. The second-order valence-corrected chi connectivity index (χ2v) is 9.03. The van der Waals surface area contributed by atoms with E-state index in [9.17, 15) is 4.39 Å². The van der Waals surface area contributed by atoms with Crippen LogP contribution in [0.4, 0.5) is 4.39 Å². The lowest BCUT2D eigenvalue weighted by molar-refractivity contribution is -0.00956. The maximum atomic E-state index is 14.8. The maximum absolute atomic E-state index is 14.8. The number of hydrogen-bond donors (Lipinski definition) is 0. The third-order valence-corrected chi connectivity index (χ3v) is 7.00. The zero-order chi connectivity index (χ0) is 22.3. The molecule has 0 aliphatic heterocycles. The van der Waals surface area contributed by atoms with Gasteiger partial charge in [0.15, 0.2) is 0 Å². The van der Waals surface area contributed by atoms with Crippen molar-refractivity contribution in [2.75, 3.05) is 13.2 Å². The van der Waals surface area contributed by atoms with Crippen LogP contribution in [0, 0.1) is 29.5 Å². The molecule has 2 saturated carbocycles. The van der Waals surface area contributed by atoms with Gasteiger partial charge >= 0.3 is 0 Å². The molecule has 0 aromatic heterocycles. The fraction of sp³-hybridized carbons (Fsp3) is 0.448. The molecule has 2 aliphatic carbocycles. The predicted molar refractivity (Wildman–Crippen MR) is 127 cm³/mol. The molecule has 0 amide bonds. The van der Waals surface area contributed by atoms with Crippen molar-refractivity contribution in [3.63, 3.8) is 0 Å². The van der Waals surface area contributed by atoms with Gasteiger partial charge in [0.25, 0.3) is 0 Å². The maximum Gasteiger partial charge on any atom is 0.139 e. The van der Waals surface area contributed by atoms with E-state index in [-0.39, 0.29) is 5.82 Å². The highest BCUT2D eigenvalue weighted by atomic mass is 19.1. The van der Waals surface area contributed by atoms with Crippen LogP contribution in [0.25, 0.3) is 0 Å². The normalized spacial score (nSPS) is 24.7. The minimum absolute atomic E-state index is 0.219. The molecular weight excluding hydrogens is 399 g/mol. The van der Waals surface area contributed by atoms with E-state index in [0.29, 0.717) is 24.2 Å². The van der Waals surface area contributed by atoms with E-state index in [1.54, 1.807) is 12.1 Å². The lowest BCUT2D eigenvalue weighted by Gasteiger charge is -2.42. The van der Waals surface area contributed by atoms with Gasteiger partial charge < -0.3 is 9.47 Å². The molecule has 0 N–H and O–H groups in total. The number of fused-ring (bicyclic) bond motifs is 1. The van der Waals surface area contributed by atoms with E-state index < -0.39 is 0 Å². The highest BCUT2D eigenvalue weighted by molar-refractivity contribution is 5.45. The smallest absolute Gasteiger partial charge is 0.139 e. The van der Waals surface area contributed by atoms with E-state index >= 15 is 0 Å². The topological polar surface area (TPSA) is 18.5 Å². The van der Waals surface area contributed by atoms with Crippen LogP contribution >= 0.6 is 0 Å². The summed E-state index contributed by atoms with van der Waals surface area (Å²) in [7, 11) is 0.